The van der Waals surface area contributed by atoms with Crippen molar-refractivity contribution in [1.29, 1.82) is 0 Å². The number of ether oxygens (including phenoxy) is 1. The first-order valence-corrected chi connectivity index (χ1v) is 13.5. The summed E-state index contributed by atoms with van der Waals surface area (Å²) in [6, 6.07) is -2.47. The molecule has 2 aromatic rings. The van der Waals surface area contributed by atoms with Gasteiger partial charge in [0.2, 0.25) is 11.7 Å². The van der Waals surface area contributed by atoms with E-state index < -0.39 is 112 Å². The molecule has 0 spiro atoms. The minimum absolute atomic E-state index is 0.00781. The van der Waals surface area contributed by atoms with E-state index in [1.54, 1.807) is 13.8 Å². The Kier molecular flexibility index (Phi) is 10.8. The van der Waals surface area contributed by atoms with Gasteiger partial charge in [-0.3, -0.25) is 19.2 Å². The number of aliphatic hydroxyl groups excluding tert-OH is 1. The lowest BCUT2D eigenvalue weighted by molar-refractivity contribution is -0.165. The van der Waals surface area contributed by atoms with Crippen LogP contribution in [-0.4, -0.2) is 69.2 Å². The molecule has 5 N–H and O–H groups in total. The molecule has 1 saturated heterocycles. The van der Waals surface area contributed by atoms with E-state index in [-0.39, 0.29) is 12.3 Å². The van der Waals surface area contributed by atoms with Gasteiger partial charge in [0, 0.05) is 18.2 Å². The van der Waals surface area contributed by atoms with E-state index in [2.05, 4.69) is 20.9 Å². The summed E-state index contributed by atoms with van der Waals surface area (Å²) in [6.07, 6.45) is -3.54. The quantitative estimate of drug-likeness (QED) is 0.139. The molecule has 2 heterocycles. The average molecular weight is 631 g/mol. The minimum atomic E-state index is -2.43. The molecule has 6 atom stereocenters. The highest BCUT2D eigenvalue weighted by atomic mass is 19.2. The zero-order chi connectivity index (χ0) is 33.0. The third kappa shape index (κ3) is 7.41. The highest BCUT2D eigenvalue weighted by molar-refractivity contribution is 5.98. The average Bonchev–Trinajstić information content (AvgIpc) is 2.97. The maximum Gasteiger partial charge on any atom is 0.312 e. The van der Waals surface area contributed by atoms with E-state index >= 15 is 0 Å². The predicted molar refractivity (Wildman–Crippen MR) is 141 cm³/mol. The number of rotatable bonds is 6. The van der Waals surface area contributed by atoms with E-state index in [0.29, 0.717) is 0 Å². The van der Waals surface area contributed by atoms with Gasteiger partial charge in [-0.05, 0) is 38.3 Å². The Balaban J connectivity index is 2.10. The Morgan fingerprint density at radius 3 is 2.16 bits per heavy atom. The molecule has 1 fully saturated rings. The van der Waals surface area contributed by atoms with Crippen LogP contribution in [0.5, 0.6) is 5.75 Å². The molecule has 240 valence electrons. The van der Waals surface area contributed by atoms with Crippen molar-refractivity contribution in [2.45, 2.75) is 70.9 Å². The highest BCUT2D eigenvalue weighted by Gasteiger charge is 2.40. The van der Waals surface area contributed by atoms with Crippen LogP contribution in [0.1, 0.15) is 50.2 Å². The summed E-state index contributed by atoms with van der Waals surface area (Å²) in [5, 5.41) is 28.0. The molecule has 1 unspecified atom stereocenters. The Morgan fingerprint density at radius 2 is 1.59 bits per heavy atom. The van der Waals surface area contributed by atoms with Crippen molar-refractivity contribution < 1.29 is 56.1 Å². The first-order valence-electron chi connectivity index (χ1n) is 13.5. The van der Waals surface area contributed by atoms with Crippen LogP contribution in [-0.2, 0) is 25.5 Å². The molecule has 11 nitrogen and oxygen atoms in total. The fraction of sp³-hybridized carbons (Fsp3) is 0.464. The van der Waals surface area contributed by atoms with Crippen LogP contribution in [0.25, 0.3) is 0 Å². The second-order valence-electron chi connectivity index (χ2n) is 10.8. The van der Waals surface area contributed by atoms with Crippen molar-refractivity contribution in [3.05, 3.63) is 58.7 Å². The van der Waals surface area contributed by atoms with Gasteiger partial charge < -0.3 is 30.9 Å². The van der Waals surface area contributed by atoms with Gasteiger partial charge in [0.1, 0.15) is 11.8 Å². The first-order chi connectivity index (χ1) is 20.5. The number of benzene rings is 1. The monoisotopic (exact) mass is 630 g/mol. The molecule has 0 bridgehead atoms. The summed E-state index contributed by atoms with van der Waals surface area (Å²) in [5.74, 6) is -18.1. The van der Waals surface area contributed by atoms with Crippen molar-refractivity contribution in [3.8, 4) is 5.75 Å². The number of hydrogen-bond acceptors (Lipinski definition) is 8. The maximum absolute atomic E-state index is 14.6. The van der Waals surface area contributed by atoms with Crippen molar-refractivity contribution >= 4 is 23.7 Å². The third-order valence-corrected chi connectivity index (χ3v) is 7.03. The summed E-state index contributed by atoms with van der Waals surface area (Å²) in [6.45, 7) is 5.81. The number of esters is 1. The number of aromatic hydroxyl groups is 1. The Morgan fingerprint density at radius 1 is 1.00 bits per heavy atom. The number of carbonyl (C=O) groups is 4. The van der Waals surface area contributed by atoms with E-state index in [9.17, 15) is 51.3 Å². The van der Waals surface area contributed by atoms with Gasteiger partial charge in [0.25, 0.3) is 11.8 Å². The molecule has 1 aromatic heterocycles. The van der Waals surface area contributed by atoms with Gasteiger partial charge in [-0.1, -0.05) is 13.8 Å². The topological polar surface area (TPSA) is 167 Å². The van der Waals surface area contributed by atoms with Crippen molar-refractivity contribution in [3.63, 3.8) is 0 Å². The Bertz CT molecular complexity index is 1410. The van der Waals surface area contributed by atoms with E-state index in [1.807, 2.05) is 0 Å². The van der Waals surface area contributed by atoms with Crippen LogP contribution in [0.3, 0.4) is 0 Å². The largest absolute Gasteiger partial charge is 0.505 e. The second kappa shape index (κ2) is 14.0. The molecule has 0 radical (unpaired) electrons. The number of aromatic nitrogens is 1. The van der Waals surface area contributed by atoms with Crippen LogP contribution in [0.15, 0.2) is 18.3 Å². The fourth-order valence-corrected chi connectivity index (χ4v) is 4.55. The van der Waals surface area contributed by atoms with Crippen LogP contribution in [0.2, 0.25) is 0 Å². The summed E-state index contributed by atoms with van der Waals surface area (Å²) in [5.41, 5.74) is -1.90. The van der Waals surface area contributed by atoms with E-state index in [4.69, 9.17) is 4.74 Å². The molecule has 1 aliphatic heterocycles. The normalized spacial score (nSPS) is 24.9. The number of aliphatic hydroxyl groups is 1. The molecule has 1 aliphatic rings. The van der Waals surface area contributed by atoms with Crippen LogP contribution in [0.4, 0.5) is 22.0 Å². The number of amides is 3. The lowest BCUT2D eigenvalue weighted by Gasteiger charge is -2.34. The van der Waals surface area contributed by atoms with Crippen molar-refractivity contribution in [2.24, 2.45) is 11.8 Å². The van der Waals surface area contributed by atoms with Crippen LogP contribution < -0.4 is 16.0 Å². The van der Waals surface area contributed by atoms with Crippen LogP contribution in [0, 0.1) is 40.9 Å². The summed E-state index contributed by atoms with van der Waals surface area (Å²) in [7, 11) is 0. The second-order valence-corrected chi connectivity index (χ2v) is 10.8. The lowest BCUT2D eigenvalue weighted by atomic mass is 9.91. The minimum Gasteiger partial charge on any atom is -0.505 e. The number of carbonyl (C=O) groups excluding carboxylic acids is 4. The molecule has 0 saturated carbocycles. The zero-order valence-electron chi connectivity index (χ0n) is 24.0. The number of pyridine rings is 1. The molecular weight excluding hydrogens is 599 g/mol. The molecule has 0 aliphatic carbocycles. The SMILES string of the molecule is CC(C)CC1OC(=O)[C@H](C)[C@H](O)[C@H](Cc2c(F)c(F)c(F)c(F)c2F)NC(=O)[C@@H](NC(=O)c2ncccc2O)[C@@H](C)NC1=O. The molecule has 16 heteroatoms. The molecular formula is C28H31F5N4O7. The van der Waals surface area contributed by atoms with Crippen LogP contribution >= 0.6 is 0 Å². The third-order valence-electron chi connectivity index (χ3n) is 7.03. The number of halogens is 5. The Hall–Kier alpha value is -4.34. The number of nitrogens with zero attached hydrogens (tertiary/aromatic N) is 1. The van der Waals surface area contributed by atoms with E-state index in [0.717, 1.165) is 13.0 Å². The van der Waals surface area contributed by atoms with Crippen molar-refractivity contribution in [2.75, 3.05) is 0 Å². The van der Waals surface area contributed by atoms with Crippen molar-refractivity contribution in [1.82, 2.24) is 20.9 Å². The molecule has 1 aromatic carbocycles. The molecule has 3 rings (SSSR count). The lowest BCUT2D eigenvalue weighted by Crippen LogP contribution is -2.62. The number of cyclic esters (lactones) is 1. The van der Waals surface area contributed by atoms with Gasteiger partial charge in [-0.25, -0.2) is 26.9 Å². The predicted octanol–water partition coefficient (Wildman–Crippen LogP) is 1.78. The van der Waals surface area contributed by atoms with Gasteiger partial charge in [-0.2, -0.15) is 0 Å². The molecule has 3 amide bonds. The van der Waals surface area contributed by atoms with Gasteiger partial charge in [-0.15, -0.1) is 0 Å². The van der Waals surface area contributed by atoms with E-state index in [1.165, 1.54) is 19.2 Å². The standard InChI is InChI=1S/C28H31F5N4O7/c1-10(2)8-16-25(40)35-12(4)22(37-27(42)23-15(38)6-5-7-34-23)26(41)36-14(24(39)11(3)28(43)44-16)9-13-17(29)19(31)21(33)20(32)18(13)30/h5-7,10-12,14,16,22,24,38-39H,8-9H2,1-4H3,(H,35,40)(H,36,41)(H,37,42)/t11-,12-,14+,16?,22+,24+/m1/s1. The highest BCUT2D eigenvalue weighted by Crippen LogP contribution is 2.26. The van der Waals surface area contributed by atoms with Gasteiger partial charge in [0.05, 0.1) is 24.1 Å². The number of nitrogens with one attached hydrogen (secondary N) is 3. The summed E-state index contributed by atoms with van der Waals surface area (Å²) < 4.78 is 76.2. The number of hydrogen-bond donors (Lipinski definition) is 5. The smallest absolute Gasteiger partial charge is 0.312 e. The maximum atomic E-state index is 14.6. The summed E-state index contributed by atoms with van der Waals surface area (Å²) in [4.78, 5) is 56.3. The van der Waals surface area contributed by atoms with Gasteiger partial charge >= 0.3 is 5.97 Å². The zero-order valence-corrected chi connectivity index (χ0v) is 24.0. The fourth-order valence-electron chi connectivity index (χ4n) is 4.55. The molecule has 44 heavy (non-hydrogen) atoms. The summed E-state index contributed by atoms with van der Waals surface area (Å²) >= 11 is 0. The van der Waals surface area contributed by atoms with Gasteiger partial charge in [0.15, 0.2) is 35.1 Å². The Labute approximate surface area is 248 Å². The first kappa shape index (κ1) is 34.2.